The molecular formula is C10H12F2N2O2. The van der Waals surface area contributed by atoms with Crippen LogP contribution in [-0.2, 0) is 16.0 Å². The van der Waals surface area contributed by atoms with Crippen LogP contribution in [0.25, 0.3) is 0 Å². The Morgan fingerprint density at radius 1 is 1.50 bits per heavy atom. The summed E-state index contributed by atoms with van der Waals surface area (Å²) in [6.07, 6.45) is -0.0762. The van der Waals surface area contributed by atoms with Gasteiger partial charge in [-0.05, 0) is 11.6 Å². The zero-order valence-corrected chi connectivity index (χ0v) is 8.67. The molecule has 0 radical (unpaired) electrons. The van der Waals surface area contributed by atoms with Gasteiger partial charge in [-0.1, -0.05) is 0 Å². The molecule has 0 unspecified atom stereocenters. The van der Waals surface area contributed by atoms with Crippen molar-refractivity contribution in [2.45, 2.75) is 12.5 Å². The summed E-state index contributed by atoms with van der Waals surface area (Å²) in [5.41, 5.74) is 10.8. The van der Waals surface area contributed by atoms with Crippen molar-refractivity contribution in [3.8, 4) is 0 Å². The van der Waals surface area contributed by atoms with Crippen LogP contribution in [0, 0.1) is 11.6 Å². The second-order valence-corrected chi connectivity index (χ2v) is 3.29. The van der Waals surface area contributed by atoms with E-state index in [4.69, 9.17) is 11.5 Å². The van der Waals surface area contributed by atoms with Crippen molar-refractivity contribution in [3.63, 3.8) is 0 Å². The van der Waals surface area contributed by atoms with E-state index in [2.05, 4.69) is 4.74 Å². The van der Waals surface area contributed by atoms with Crippen LogP contribution < -0.4 is 11.5 Å². The van der Waals surface area contributed by atoms with E-state index in [0.29, 0.717) is 6.07 Å². The van der Waals surface area contributed by atoms with E-state index >= 15 is 0 Å². The third-order valence-electron chi connectivity index (χ3n) is 2.12. The lowest BCUT2D eigenvalue weighted by atomic mass is 10.0. The number of ether oxygens (including phenoxy) is 1. The summed E-state index contributed by atoms with van der Waals surface area (Å²) in [6.45, 7) is 0. The Morgan fingerprint density at radius 3 is 2.69 bits per heavy atom. The molecule has 0 amide bonds. The topological polar surface area (TPSA) is 78.3 Å². The van der Waals surface area contributed by atoms with E-state index in [1.807, 2.05) is 0 Å². The summed E-state index contributed by atoms with van der Waals surface area (Å²) in [6, 6.07) is 0.720. The molecule has 1 aromatic carbocycles. The summed E-state index contributed by atoms with van der Waals surface area (Å²) in [7, 11) is 1.18. The predicted molar refractivity (Wildman–Crippen MR) is 54.5 cm³/mol. The van der Waals surface area contributed by atoms with E-state index in [-0.39, 0.29) is 17.7 Å². The summed E-state index contributed by atoms with van der Waals surface area (Å²) >= 11 is 0. The van der Waals surface area contributed by atoms with Gasteiger partial charge in [-0.15, -0.1) is 0 Å². The minimum absolute atomic E-state index is 0.0762. The fourth-order valence-electron chi connectivity index (χ4n) is 1.28. The first-order valence-electron chi connectivity index (χ1n) is 4.52. The summed E-state index contributed by atoms with van der Waals surface area (Å²) in [5.74, 6) is -2.30. The van der Waals surface area contributed by atoms with Gasteiger partial charge in [-0.3, -0.25) is 4.79 Å². The summed E-state index contributed by atoms with van der Waals surface area (Å²) in [4.78, 5) is 11.0. The van der Waals surface area contributed by atoms with Crippen molar-refractivity contribution in [1.29, 1.82) is 0 Å². The van der Waals surface area contributed by atoms with Gasteiger partial charge in [-0.25, -0.2) is 8.78 Å². The van der Waals surface area contributed by atoms with Crippen molar-refractivity contribution in [2.75, 3.05) is 12.8 Å². The van der Waals surface area contributed by atoms with Crippen molar-refractivity contribution < 1.29 is 18.3 Å². The Bertz CT molecular complexity index is 410. The molecule has 0 saturated heterocycles. The number of hydrogen-bond acceptors (Lipinski definition) is 4. The summed E-state index contributed by atoms with van der Waals surface area (Å²) in [5, 5.41) is 0. The van der Waals surface area contributed by atoms with Gasteiger partial charge in [0, 0.05) is 12.5 Å². The molecule has 1 rings (SSSR count). The van der Waals surface area contributed by atoms with Gasteiger partial charge in [0.25, 0.3) is 0 Å². The second kappa shape index (κ2) is 4.89. The van der Waals surface area contributed by atoms with Gasteiger partial charge >= 0.3 is 5.97 Å². The number of anilines is 1. The van der Waals surface area contributed by atoms with Crippen LogP contribution in [0.4, 0.5) is 14.5 Å². The molecule has 16 heavy (non-hydrogen) atoms. The Balaban J connectivity index is 2.93. The molecule has 4 N–H and O–H groups in total. The van der Waals surface area contributed by atoms with Crippen molar-refractivity contribution in [3.05, 3.63) is 29.3 Å². The van der Waals surface area contributed by atoms with E-state index in [0.717, 1.165) is 6.07 Å². The molecule has 4 nitrogen and oxygen atoms in total. The maximum Gasteiger partial charge on any atom is 0.322 e. The molecule has 0 bridgehead atoms. The third-order valence-corrected chi connectivity index (χ3v) is 2.12. The summed E-state index contributed by atoms with van der Waals surface area (Å²) < 4.78 is 30.3. The number of methoxy groups -OCH3 is 1. The number of carbonyl (C=O) groups excluding carboxylic acids is 1. The van der Waals surface area contributed by atoms with Crippen LogP contribution in [0.15, 0.2) is 12.1 Å². The average molecular weight is 230 g/mol. The highest BCUT2D eigenvalue weighted by Crippen LogP contribution is 2.19. The van der Waals surface area contributed by atoms with Gasteiger partial charge in [0.05, 0.1) is 12.8 Å². The van der Waals surface area contributed by atoms with Gasteiger partial charge in [0.1, 0.15) is 17.7 Å². The normalized spacial score (nSPS) is 12.2. The highest BCUT2D eigenvalue weighted by molar-refractivity contribution is 5.76. The third kappa shape index (κ3) is 2.66. The molecule has 0 aliphatic rings. The number of carbonyl (C=O) groups is 1. The molecule has 88 valence electrons. The Labute approximate surface area is 91.2 Å². The van der Waals surface area contributed by atoms with Gasteiger partial charge in [-0.2, -0.15) is 0 Å². The lowest BCUT2D eigenvalue weighted by Gasteiger charge is -2.11. The standard InChI is InChI=1S/C10H12F2N2O2/c1-16-10(15)8(13)3-5-2-6(11)4-7(12)9(5)14/h2,4,8H,3,13-14H2,1H3/t8-/m0/s1. The molecule has 0 heterocycles. The smallest absolute Gasteiger partial charge is 0.322 e. The molecule has 0 aliphatic carbocycles. The highest BCUT2D eigenvalue weighted by Gasteiger charge is 2.17. The lowest BCUT2D eigenvalue weighted by molar-refractivity contribution is -0.142. The molecule has 0 aromatic heterocycles. The highest BCUT2D eigenvalue weighted by atomic mass is 19.1. The van der Waals surface area contributed by atoms with E-state index < -0.39 is 23.6 Å². The predicted octanol–water partition coefficient (Wildman–Crippen LogP) is 0.590. The maximum absolute atomic E-state index is 13.1. The minimum Gasteiger partial charge on any atom is -0.468 e. The van der Waals surface area contributed by atoms with Crippen LogP contribution >= 0.6 is 0 Å². The van der Waals surface area contributed by atoms with Gasteiger partial charge in [0.2, 0.25) is 0 Å². The molecule has 0 fully saturated rings. The van der Waals surface area contributed by atoms with Crippen LogP contribution in [0.5, 0.6) is 0 Å². The minimum atomic E-state index is -0.992. The first kappa shape index (κ1) is 12.4. The number of benzene rings is 1. The fraction of sp³-hybridized carbons (Fsp3) is 0.300. The van der Waals surface area contributed by atoms with E-state index in [9.17, 15) is 13.6 Å². The molecule has 6 heteroatoms. The Hall–Kier alpha value is -1.69. The van der Waals surface area contributed by atoms with Crippen molar-refractivity contribution in [1.82, 2.24) is 0 Å². The van der Waals surface area contributed by atoms with E-state index in [1.54, 1.807) is 0 Å². The molecule has 0 spiro atoms. The van der Waals surface area contributed by atoms with Gasteiger partial charge < -0.3 is 16.2 Å². The maximum atomic E-state index is 13.1. The van der Waals surface area contributed by atoms with Crippen LogP contribution in [0.3, 0.4) is 0 Å². The lowest BCUT2D eigenvalue weighted by Crippen LogP contribution is -2.34. The molecule has 1 aromatic rings. The average Bonchev–Trinajstić information content (AvgIpc) is 2.23. The Kier molecular flexibility index (Phi) is 3.78. The quantitative estimate of drug-likeness (QED) is 0.588. The monoisotopic (exact) mass is 230 g/mol. The molecular weight excluding hydrogens is 218 g/mol. The molecule has 1 atom stereocenters. The SMILES string of the molecule is COC(=O)[C@@H](N)Cc1cc(F)cc(F)c1N. The number of halogens is 2. The Morgan fingerprint density at radius 2 is 2.12 bits per heavy atom. The fourth-order valence-corrected chi connectivity index (χ4v) is 1.28. The number of hydrogen-bond donors (Lipinski definition) is 2. The van der Waals surface area contributed by atoms with Crippen LogP contribution in [-0.4, -0.2) is 19.1 Å². The zero-order chi connectivity index (χ0) is 12.3. The first-order chi connectivity index (χ1) is 7.45. The first-order valence-corrected chi connectivity index (χ1v) is 4.52. The number of esters is 1. The second-order valence-electron chi connectivity index (χ2n) is 3.29. The van der Waals surface area contributed by atoms with Crippen molar-refractivity contribution in [2.24, 2.45) is 5.73 Å². The van der Waals surface area contributed by atoms with Gasteiger partial charge in [0.15, 0.2) is 0 Å². The largest absolute Gasteiger partial charge is 0.468 e. The molecule has 0 aliphatic heterocycles. The van der Waals surface area contributed by atoms with Crippen molar-refractivity contribution >= 4 is 11.7 Å². The van der Waals surface area contributed by atoms with Crippen LogP contribution in [0.1, 0.15) is 5.56 Å². The molecule has 0 saturated carbocycles. The number of nitrogen functional groups attached to an aromatic ring is 1. The number of rotatable bonds is 3. The van der Waals surface area contributed by atoms with Crippen LogP contribution in [0.2, 0.25) is 0 Å². The van der Waals surface area contributed by atoms with E-state index in [1.165, 1.54) is 7.11 Å². The zero-order valence-electron chi connectivity index (χ0n) is 8.67. The number of nitrogens with two attached hydrogens (primary N) is 2.